The van der Waals surface area contributed by atoms with Crippen LogP contribution in [0.1, 0.15) is 5.82 Å². The molecular weight excluding hydrogens is 182 g/mol. The maximum absolute atomic E-state index is 11.4. The molecule has 0 saturated carbocycles. The molecule has 5 nitrogen and oxygen atoms in total. The maximum Gasteiger partial charge on any atom is 0.363 e. The molecule has 1 N–H and O–H groups in total. The highest BCUT2D eigenvalue weighted by Gasteiger charge is 2.12. The zero-order valence-corrected chi connectivity index (χ0v) is 7.44. The molecule has 1 aromatic heterocycles. The van der Waals surface area contributed by atoms with E-state index in [0.29, 0.717) is 21.5 Å². The minimum atomic E-state index is -0.0201. The summed E-state index contributed by atoms with van der Waals surface area (Å²) in [6.45, 7) is 0. The van der Waals surface area contributed by atoms with Gasteiger partial charge in [0.05, 0.1) is 7.11 Å². The van der Waals surface area contributed by atoms with Gasteiger partial charge in [-0.3, -0.25) is 0 Å². The zero-order chi connectivity index (χ0) is 10.1. The van der Waals surface area contributed by atoms with E-state index in [1.807, 2.05) is 0 Å². The van der Waals surface area contributed by atoms with Crippen molar-refractivity contribution in [1.82, 2.24) is 4.98 Å². The summed E-state index contributed by atoms with van der Waals surface area (Å²) in [7, 11) is 1.52. The fourth-order valence-corrected chi connectivity index (χ4v) is 1.28. The third-order valence-electron chi connectivity index (χ3n) is 1.99. The van der Waals surface area contributed by atoms with Crippen LogP contribution >= 0.6 is 0 Å². The van der Waals surface area contributed by atoms with E-state index in [1.165, 1.54) is 7.11 Å². The third-order valence-corrected chi connectivity index (χ3v) is 1.99. The van der Waals surface area contributed by atoms with Gasteiger partial charge >= 0.3 is 5.82 Å². The Labute approximate surface area is 79.7 Å². The van der Waals surface area contributed by atoms with Crippen LogP contribution in [0.4, 0.5) is 0 Å². The van der Waals surface area contributed by atoms with Crippen molar-refractivity contribution in [1.29, 1.82) is 5.26 Å². The molecule has 0 spiro atoms. The Bertz CT molecular complexity index is 525. The second-order valence-corrected chi connectivity index (χ2v) is 2.76. The molecule has 70 valence electrons. The van der Waals surface area contributed by atoms with E-state index in [0.717, 1.165) is 0 Å². The number of benzene rings is 1. The molecule has 14 heavy (non-hydrogen) atoms. The van der Waals surface area contributed by atoms with Crippen molar-refractivity contribution in [2.24, 2.45) is 0 Å². The molecule has 0 saturated heterocycles. The smallest absolute Gasteiger partial charge is 0.363 e. The summed E-state index contributed by atoms with van der Waals surface area (Å²) in [6.07, 6.45) is 0. The van der Waals surface area contributed by atoms with Crippen molar-refractivity contribution < 1.29 is 9.47 Å². The Morgan fingerprint density at radius 2 is 2.36 bits per heavy atom. The van der Waals surface area contributed by atoms with Gasteiger partial charge in [0.2, 0.25) is 0 Å². The molecule has 0 aliphatic rings. The number of nitrogens with zero attached hydrogens (tertiary/aromatic N) is 2. The number of rotatable bonds is 1. The predicted octanol–water partition coefficient (Wildman–Crippen LogP) is 0.682. The molecule has 5 heteroatoms. The average Bonchev–Trinajstić information content (AvgIpc) is 2.55. The quantitative estimate of drug-likeness (QED) is 0.529. The van der Waals surface area contributed by atoms with Crippen LogP contribution in [0.5, 0.6) is 5.75 Å². The van der Waals surface area contributed by atoms with Crippen LogP contribution in [0.3, 0.4) is 0 Å². The van der Waals surface area contributed by atoms with Gasteiger partial charge in [0.1, 0.15) is 5.75 Å². The van der Waals surface area contributed by atoms with E-state index < -0.39 is 0 Å². The summed E-state index contributed by atoms with van der Waals surface area (Å²) >= 11 is 0. The highest BCUT2D eigenvalue weighted by molar-refractivity contribution is 5.73. The first kappa shape index (κ1) is 8.38. The van der Waals surface area contributed by atoms with E-state index in [4.69, 9.17) is 10.00 Å². The Hall–Kier alpha value is -2.22. The summed E-state index contributed by atoms with van der Waals surface area (Å²) in [5, 5.41) is 20.0. The fraction of sp³-hybridized carbons (Fsp3) is 0.111. The van der Waals surface area contributed by atoms with Crippen molar-refractivity contribution in [2.75, 3.05) is 7.11 Å². The lowest BCUT2D eigenvalue weighted by atomic mass is 10.3. The summed E-state index contributed by atoms with van der Waals surface area (Å²) in [4.78, 5) is 2.70. The van der Waals surface area contributed by atoms with Crippen LogP contribution in [0.2, 0.25) is 0 Å². The van der Waals surface area contributed by atoms with Gasteiger partial charge in [-0.05, 0) is 12.1 Å². The lowest BCUT2D eigenvalue weighted by Gasteiger charge is -1.99. The van der Waals surface area contributed by atoms with Gasteiger partial charge in [0.15, 0.2) is 17.1 Å². The van der Waals surface area contributed by atoms with Crippen molar-refractivity contribution in [3.8, 4) is 11.8 Å². The number of H-pyrrole nitrogens is 1. The van der Waals surface area contributed by atoms with Crippen molar-refractivity contribution in [3.63, 3.8) is 0 Å². The minimum Gasteiger partial charge on any atom is -0.710 e. The van der Waals surface area contributed by atoms with Crippen LogP contribution in [0, 0.1) is 16.5 Å². The zero-order valence-electron chi connectivity index (χ0n) is 7.44. The standard InChI is InChI=1S/C9H7N3O2/c1-14-6-2-3-7-8(4-6)12(13)9(5-10)11-7/h2-4,11H,1H3. The SMILES string of the molecule is COc1ccc2[nH]c(C#N)[n+]([O-])c2c1. The van der Waals surface area contributed by atoms with Gasteiger partial charge in [-0.2, -0.15) is 5.26 Å². The van der Waals surface area contributed by atoms with Crippen LogP contribution in [0.15, 0.2) is 18.2 Å². The molecule has 0 radical (unpaired) electrons. The lowest BCUT2D eigenvalue weighted by molar-refractivity contribution is -0.579. The van der Waals surface area contributed by atoms with E-state index in [9.17, 15) is 5.21 Å². The lowest BCUT2D eigenvalue weighted by Crippen LogP contribution is -2.27. The molecule has 0 atom stereocenters. The summed E-state index contributed by atoms with van der Waals surface area (Å²) < 4.78 is 5.52. The van der Waals surface area contributed by atoms with Gasteiger partial charge in [-0.15, -0.1) is 0 Å². The number of nitrogens with one attached hydrogen (secondary N) is 1. The van der Waals surface area contributed by atoms with Gasteiger partial charge in [0.25, 0.3) is 0 Å². The molecule has 1 aromatic carbocycles. The van der Waals surface area contributed by atoms with Crippen molar-refractivity contribution in [2.45, 2.75) is 0 Å². The molecule has 0 amide bonds. The Morgan fingerprint density at radius 3 is 3.00 bits per heavy atom. The van der Waals surface area contributed by atoms with Gasteiger partial charge in [0, 0.05) is 6.07 Å². The first-order valence-electron chi connectivity index (χ1n) is 3.95. The number of hydrogen-bond acceptors (Lipinski definition) is 3. The summed E-state index contributed by atoms with van der Waals surface area (Å²) in [6, 6.07) is 6.78. The van der Waals surface area contributed by atoms with Crippen molar-refractivity contribution >= 4 is 11.0 Å². The van der Waals surface area contributed by atoms with Gasteiger partial charge in [-0.1, -0.05) is 0 Å². The van der Waals surface area contributed by atoms with Crippen LogP contribution in [0.25, 0.3) is 11.0 Å². The molecule has 0 aliphatic carbocycles. The molecule has 0 unspecified atom stereocenters. The monoisotopic (exact) mass is 189 g/mol. The average molecular weight is 189 g/mol. The molecule has 0 fully saturated rings. The first-order valence-corrected chi connectivity index (χ1v) is 3.95. The number of fused-ring (bicyclic) bond motifs is 1. The number of methoxy groups -OCH3 is 1. The molecule has 1 heterocycles. The fourth-order valence-electron chi connectivity index (χ4n) is 1.28. The van der Waals surface area contributed by atoms with Crippen molar-refractivity contribution in [3.05, 3.63) is 29.2 Å². The van der Waals surface area contributed by atoms with Crippen LogP contribution in [-0.2, 0) is 0 Å². The Morgan fingerprint density at radius 1 is 1.57 bits per heavy atom. The van der Waals surface area contributed by atoms with Gasteiger partial charge in [-0.25, -0.2) is 9.71 Å². The van der Waals surface area contributed by atoms with Crippen LogP contribution in [-0.4, -0.2) is 12.1 Å². The first-order chi connectivity index (χ1) is 6.76. The number of hydrogen-bond donors (Lipinski definition) is 1. The molecule has 0 bridgehead atoms. The highest BCUT2D eigenvalue weighted by atomic mass is 16.5. The number of imidazole rings is 1. The summed E-state index contributed by atoms with van der Waals surface area (Å²) in [5.74, 6) is 0.568. The van der Waals surface area contributed by atoms with Gasteiger partial charge < -0.3 is 9.94 Å². The predicted molar refractivity (Wildman–Crippen MR) is 48.5 cm³/mol. The molecule has 2 rings (SSSR count). The second kappa shape index (κ2) is 2.92. The largest absolute Gasteiger partial charge is 0.710 e. The Balaban J connectivity index is 2.76. The van der Waals surface area contributed by atoms with Crippen LogP contribution < -0.4 is 9.47 Å². The minimum absolute atomic E-state index is 0.0201. The second-order valence-electron chi connectivity index (χ2n) is 2.76. The highest BCUT2D eigenvalue weighted by Crippen LogP contribution is 2.16. The number of aromatic amines is 1. The van der Waals surface area contributed by atoms with E-state index in [1.54, 1.807) is 24.3 Å². The number of aromatic nitrogens is 2. The summed E-state index contributed by atoms with van der Waals surface area (Å²) in [5.41, 5.74) is 1.03. The number of nitriles is 1. The van der Waals surface area contributed by atoms with E-state index in [2.05, 4.69) is 4.98 Å². The molecule has 0 aliphatic heterocycles. The molecular formula is C9H7N3O2. The van der Waals surface area contributed by atoms with E-state index >= 15 is 0 Å². The Kier molecular flexibility index (Phi) is 1.75. The topological polar surface area (TPSA) is 75.8 Å². The van der Waals surface area contributed by atoms with E-state index in [-0.39, 0.29) is 5.82 Å². The normalized spacial score (nSPS) is 10.0. The molecule has 2 aromatic rings. The maximum atomic E-state index is 11.4. The number of ether oxygens (including phenoxy) is 1. The third kappa shape index (κ3) is 1.05.